The second-order valence-electron chi connectivity index (χ2n) is 3.35. The standard InChI is InChI=1S/C10H8F3NO2/c11-10(12,13)6-1-2-7-8(14-15)3-4-16-9(7)5-6/h1-2,5,15H,3-4H2/b14-8+. The van der Waals surface area contributed by atoms with Gasteiger partial charge in [-0.2, -0.15) is 13.2 Å². The molecule has 1 N–H and O–H groups in total. The van der Waals surface area contributed by atoms with Gasteiger partial charge in [0.15, 0.2) is 0 Å². The van der Waals surface area contributed by atoms with Gasteiger partial charge in [0.25, 0.3) is 0 Å². The van der Waals surface area contributed by atoms with Crippen LogP contribution in [0.25, 0.3) is 0 Å². The summed E-state index contributed by atoms with van der Waals surface area (Å²) in [7, 11) is 0. The number of hydrogen-bond acceptors (Lipinski definition) is 3. The summed E-state index contributed by atoms with van der Waals surface area (Å²) >= 11 is 0. The molecule has 0 aromatic heterocycles. The summed E-state index contributed by atoms with van der Waals surface area (Å²) < 4.78 is 42.3. The van der Waals surface area contributed by atoms with Gasteiger partial charge < -0.3 is 9.94 Å². The van der Waals surface area contributed by atoms with E-state index in [0.717, 1.165) is 12.1 Å². The van der Waals surface area contributed by atoms with E-state index in [1.54, 1.807) is 0 Å². The van der Waals surface area contributed by atoms with E-state index in [1.165, 1.54) is 6.07 Å². The number of benzene rings is 1. The molecule has 6 heteroatoms. The molecule has 0 atom stereocenters. The van der Waals surface area contributed by atoms with E-state index in [2.05, 4.69) is 5.16 Å². The Labute approximate surface area is 89.1 Å². The molecule has 1 aliphatic heterocycles. The second-order valence-corrected chi connectivity index (χ2v) is 3.35. The molecule has 0 unspecified atom stereocenters. The van der Waals surface area contributed by atoms with E-state index < -0.39 is 11.7 Å². The molecule has 3 nitrogen and oxygen atoms in total. The van der Waals surface area contributed by atoms with E-state index in [0.29, 0.717) is 17.7 Å². The number of hydrogen-bond donors (Lipinski definition) is 1. The molecule has 1 aromatic rings. The van der Waals surface area contributed by atoms with E-state index in [-0.39, 0.29) is 12.4 Å². The van der Waals surface area contributed by atoms with Crippen molar-refractivity contribution in [2.24, 2.45) is 5.16 Å². The maximum atomic E-state index is 12.4. The van der Waals surface area contributed by atoms with Crippen LogP contribution in [0.2, 0.25) is 0 Å². The predicted molar refractivity (Wildman–Crippen MR) is 49.9 cm³/mol. The van der Waals surface area contributed by atoms with Crippen molar-refractivity contribution >= 4 is 5.71 Å². The fourth-order valence-corrected chi connectivity index (χ4v) is 1.55. The summed E-state index contributed by atoms with van der Waals surface area (Å²) in [6.07, 6.45) is -4.01. The van der Waals surface area contributed by atoms with E-state index >= 15 is 0 Å². The molecular formula is C10H8F3NO2. The Bertz CT molecular complexity index is 440. The van der Waals surface area contributed by atoms with Crippen LogP contribution >= 0.6 is 0 Å². The van der Waals surface area contributed by atoms with Crippen LogP contribution in [0.1, 0.15) is 17.5 Å². The maximum Gasteiger partial charge on any atom is 0.416 e. The Morgan fingerprint density at radius 3 is 2.69 bits per heavy atom. The highest BCUT2D eigenvalue weighted by Gasteiger charge is 2.32. The average Bonchev–Trinajstić information content (AvgIpc) is 2.26. The van der Waals surface area contributed by atoms with Crippen molar-refractivity contribution < 1.29 is 23.1 Å². The first-order valence-corrected chi connectivity index (χ1v) is 4.57. The van der Waals surface area contributed by atoms with Crippen molar-refractivity contribution in [3.05, 3.63) is 29.3 Å². The van der Waals surface area contributed by atoms with Crippen LogP contribution in [0.5, 0.6) is 5.75 Å². The second kappa shape index (κ2) is 3.70. The van der Waals surface area contributed by atoms with E-state index in [9.17, 15) is 13.2 Å². The van der Waals surface area contributed by atoms with Gasteiger partial charge in [0, 0.05) is 12.0 Å². The highest BCUT2D eigenvalue weighted by atomic mass is 19.4. The van der Waals surface area contributed by atoms with Gasteiger partial charge in [-0.3, -0.25) is 0 Å². The lowest BCUT2D eigenvalue weighted by molar-refractivity contribution is -0.137. The average molecular weight is 231 g/mol. The Morgan fingerprint density at radius 1 is 1.31 bits per heavy atom. The van der Waals surface area contributed by atoms with Crippen LogP contribution in [0.15, 0.2) is 23.4 Å². The number of alkyl halides is 3. The zero-order valence-electron chi connectivity index (χ0n) is 8.08. The zero-order valence-corrected chi connectivity index (χ0v) is 8.08. The molecule has 0 amide bonds. The lowest BCUT2D eigenvalue weighted by atomic mass is 10.0. The summed E-state index contributed by atoms with van der Waals surface area (Å²) in [5.74, 6) is 0.105. The Kier molecular flexibility index (Phi) is 2.49. The van der Waals surface area contributed by atoms with Gasteiger partial charge in [-0.25, -0.2) is 0 Å². The fraction of sp³-hybridized carbons (Fsp3) is 0.300. The molecular weight excluding hydrogens is 223 g/mol. The molecule has 1 aliphatic rings. The summed E-state index contributed by atoms with van der Waals surface area (Å²) in [6, 6.07) is 3.12. The van der Waals surface area contributed by atoms with Crippen molar-refractivity contribution in [2.45, 2.75) is 12.6 Å². The number of ether oxygens (including phenoxy) is 1. The summed E-state index contributed by atoms with van der Waals surface area (Å²) in [6.45, 7) is 0.216. The molecule has 0 saturated heterocycles. The SMILES string of the molecule is O/N=C1\CCOc2cc(C(F)(F)F)ccc21. The first-order chi connectivity index (χ1) is 7.52. The van der Waals surface area contributed by atoms with Crippen LogP contribution in [0.4, 0.5) is 13.2 Å². The molecule has 1 aromatic carbocycles. The quantitative estimate of drug-likeness (QED) is 0.551. The van der Waals surface area contributed by atoms with Gasteiger partial charge in [0.1, 0.15) is 5.75 Å². The van der Waals surface area contributed by atoms with E-state index in [1.807, 2.05) is 0 Å². The Hall–Kier alpha value is -1.72. The highest BCUT2D eigenvalue weighted by molar-refractivity contribution is 6.03. The number of nitrogens with zero attached hydrogens (tertiary/aromatic N) is 1. The first kappa shape index (κ1) is 10.8. The van der Waals surface area contributed by atoms with Gasteiger partial charge in [-0.05, 0) is 18.2 Å². The Morgan fingerprint density at radius 2 is 2.06 bits per heavy atom. The van der Waals surface area contributed by atoms with Gasteiger partial charge in [0.2, 0.25) is 0 Å². The van der Waals surface area contributed by atoms with Crippen molar-refractivity contribution in [1.29, 1.82) is 0 Å². The summed E-state index contributed by atoms with van der Waals surface area (Å²) in [5, 5.41) is 11.7. The lowest BCUT2D eigenvalue weighted by Gasteiger charge is -2.19. The molecule has 0 spiro atoms. The Balaban J connectivity index is 2.47. The lowest BCUT2D eigenvalue weighted by Crippen LogP contribution is -2.17. The van der Waals surface area contributed by atoms with Crippen LogP contribution in [-0.4, -0.2) is 17.5 Å². The third kappa shape index (κ3) is 1.82. The molecule has 0 radical (unpaired) electrons. The minimum atomic E-state index is -4.40. The number of halogens is 3. The minimum absolute atomic E-state index is 0.105. The topological polar surface area (TPSA) is 41.8 Å². The third-order valence-electron chi connectivity index (χ3n) is 2.34. The molecule has 0 bridgehead atoms. The minimum Gasteiger partial charge on any atom is -0.492 e. The normalized spacial score (nSPS) is 18.1. The molecule has 16 heavy (non-hydrogen) atoms. The molecule has 0 saturated carbocycles. The first-order valence-electron chi connectivity index (χ1n) is 4.57. The number of oxime groups is 1. The maximum absolute atomic E-state index is 12.4. The van der Waals surface area contributed by atoms with Gasteiger partial charge >= 0.3 is 6.18 Å². The fourth-order valence-electron chi connectivity index (χ4n) is 1.55. The van der Waals surface area contributed by atoms with Crippen molar-refractivity contribution in [3.63, 3.8) is 0 Å². The van der Waals surface area contributed by atoms with E-state index in [4.69, 9.17) is 9.94 Å². The van der Waals surface area contributed by atoms with Crippen LogP contribution in [0.3, 0.4) is 0 Å². The molecule has 0 fully saturated rings. The van der Waals surface area contributed by atoms with Crippen LogP contribution in [-0.2, 0) is 6.18 Å². The molecule has 0 aliphatic carbocycles. The molecule has 2 rings (SSSR count). The largest absolute Gasteiger partial charge is 0.492 e. The van der Waals surface area contributed by atoms with Crippen LogP contribution in [0, 0.1) is 0 Å². The molecule has 86 valence electrons. The predicted octanol–water partition coefficient (Wildman–Crippen LogP) is 2.67. The van der Waals surface area contributed by atoms with Gasteiger partial charge in [0.05, 0.1) is 17.9 Å². The summed E-state index contributed by atoms with van der Waals surface area (Å²) in [4.78, 5) is 0. The smallest absolute Gasteiger partial charge is 0.416 e. The van der Waals surface area contributed by atoms with Crippen molar-refractivity contribution in [3.8, 4) is 5.75 Å². The summed E-state index contributed by atoms with van der Waals surface area (Å²) in [5.41, 5.74) is -0.0258. The number of fused-ring (bicyclic) bond motifs is 1. The third-order valence-corrected chi connectivity index (χ3v) is 2.34. The zero-order chi connectivity index (χ0) is 11.8. The van der Waals surface area contributed by atoms with Gasteiger partial charge in [-0.15, -0.1) is 0 Å². The van der Waals surface area contributed by atoms with Crippen molar-refractivity contribution in [1.82, 2.24) is 0 Å². The molecule has 1 heterocycles. The highest BCUT2D eigenvalue weighted by Crippen LogP contribution is 2.34. The van der Waals surface area contributed by atoms with Crippen molar-refractivity contribution in [2.75, 3.05) is 6.61 Å². The number of rotatable bonds is 0. The van der Waals surface area contributed by atoms with Crippen LogP contribution < -0.4 is 4.74 Å². The monoisotopic (exact) mass is 231 g/mol. The van der Waals surface area contributed by atoms with Gasteiger partial charge in [-0.1, -0.05) is 5.16 Å².